The molecule has 0 saturated carbocycles. The lowest BCUT2D eigenvalue weighted by Crippen LogP contribution is -2.55. The third-order valence-corrected chi connectivity index (χ3v) is 4.91. The molecular weight excluding hydrogens is 314 g/mol. The standard InChI is InChI=1S/C15H33N5O2S/c1-12(2)20-9-7-13(8-10-20)18-14(16-5)17-11-15(3,4)19-23(6,21)22/h12-13,19H,7-11H2,1-6H3,(H2,16,17,18). The molecule has 0 spiro atoms. The van der Waals surface area contributed by atoms with Gasteiger partial charge in [-0.2, -0.15) is 0 Å². The first-order valence-corrected chi connectivity index (χ1v) is 10.1. The number of rotatable bonds is 6. The van der Waals surface area contributed by atoms with E-state index in [1.807, 2.05) is 13.8 Å². The topological polar surface area (TPSA) is 85.8 Å². The molecule has 23 heavy (non-hydrogen) atoms. The molecule has 1 saturated heterocycles. The fourth-order valence-corrected chi connectivity index (χ4v) is 3.87. The number of sulfonamides is 1. The van der Waals surface area contributed by atoms with E-state index in [4.69, 9.17) is 0 Å². The molecule has 1 fully saturated rings. The zero-order valence-corrected chi connectivity index (χ0v) is 16.1. The Kier molecular flexibility index (Phi) is 7.29. The number of aliphatic imine (C=N–C) groups is 1. The van der Waals surface area contributed by atoms with E-state index in [0.717, 1.165) is 31.9 Å². The Morgan fingerprint density at radius 2 is 1.87 bits per heavy atom. The van der Waals surface area contributed by atoms with Crippen molar-refractivity contribution in [2.45, 2.75) is 58.2 Å². The molecule has 1 rings (SSSR count). The van der Waals surface area contributed by atoms with Gasteiger partial charge >= 0.3 is 0 Å². The van der Waals surface area contributed by atoms with Gasteiger partial charge in [0, 0.05) is 44.3 Å². The number of guanidine groups is 1. The van der Waals surface area contributed by atoms with Crippen LogP contribution in [0, 0.1) is 0 Å². The van der Waals surface area contributed by atoms with Crippen LogP contribution in [-0.2, 0) is 10.0 Å². The van der Waals surface area contributed by atoms with Gasteiger partial charge in [-0.1, -0.05) is 0 Å². The van der Waals surface area contributed by atoms with Gasteiger partial charge in [0.1, 0.15) is 0 Å². The van der Waals surface area contributed by atoms with Crippen LogP contribution >= 0.6 is 0 Å². The van der Waals surface area contributed by atoms with Crippen molar-refractivity contribution in [1.29, 1.82) is 0 Å². The Balaban J connectivity index is 2.44. The van der Waals surface area contributed by atoms with E-state index >= 15 is 0 Å². The molecule has 1 heterocycles. The summed E-state index contributed by atoms with van der Waals surface area (Å²) in [5.41, 5.74) is -0.577. The Hall–Kier alpha value is -0.860. The zero-order valence-electron chi connectivity index (χ0n) is 15.3. The summed E-state index contributed by atoms with van der Waals surface area (Å²) in [7, 11) is -1.50. The van der Waals surface area contributed by atoms with E-state index in [-0.39, 0.29) is 0 Å². The van der Waals surface area contributed by atoms with Crippen LogP contribution in [0.4, 0.5) is 0 Å². The summed E-state index contributed by atoms with van der Waals surface area (Å²) in [5, 5.41) is 6.65. The van der Waals surface area contributed by atoms with Gasteiger partial charge in [0.05, 0.1) is 6.26 Å². The van der Waals surface area contributed by atoms with E-state index in [1.165, 1.54) is 6.26 Å². The molecule has 0 aromatic heterocycles. The summed E-state index contributed by atoms with van der Waals surface area (Å²) in [6.45, 7) is 10.8. The number of likely N-dealkylation sites (tertiary alicyclic amines) is 1. The summed E-state index contributed by atoms with van der Waals surface area (Å²) in [6, 6.07) is 0.999. The minimum atomic E-state index is -3.23. The molecule has 0 unspecified atom stereocenters. The lowest BCUT2D eigenvalue weighted by Gasteiger charge is -2.35. The minimum absolute atomic E-state index is 0.405. The van der Waals surface area contributed by atoms with Gasteiger partial charge in [-0.25, -0.2) is 13.1 Å². The number of hydrogen-bond acceptors (Lipinski definition) is 4. The molecule has 0 aliphatic carbocycles. The average molecular weight is 348 g/mol. The lowest BCUT2D eigenvalue weighted by atomic mass is 10.0. The highest BCUT2D eigenvalue weighted by Crippen LogP contribution is 2.12. The van der Waals surface area contributed by atoms with Crippen LogP contribution < -0.4 is 15.4 Å². The van der Waals surface area contributed by atoms with E-state index in [9.17, 15) is 8.42 Å². The molecule has 7 nitrogen and oxygen atoms in total. The SMILES string of the molecule is CN=C(NCC(C)(C)NS(C)(=O)=O)NC1CCN(C(C)C)CC1. The van der Waals surface area contributed by atoms with Crippen LogP contribution in [0.1, 0.15) is 40.5 Å². The predicted molar refractivity (Wildman–Crippen MR) is 96.3 cm³/mol. The Morgan fingerprint density at radius 1 is 1.30 bits per heavy atom. The molecule has 3 N–H and O–H groups in total. The molecule has 0 aromatic carbocycles. The smallest absolute Gasteiger partial charge is 0.209 e. The molecular formula is C15H33N5O2S. The summed E-state index contributed by atoms with van der Waals surface area (Å²) < 4.78 is 25.4. The second-order valence-corrected chi connectivity index (χ2v) is 8.98. The molecule has 1 aliphatic heterocycles. The van der Waals surface area contributed by atoms with Gasteiger partial charge in [-0.3, -0.25) is 4.99 Å². The summed E-state index contributed by atoms with van der Waals surface area (Å²) in [5.74, 6) is 0.719. The van der Waals surface area contributed by atoms with Crippen molar-refractivity contribution in [3.05, 3.63) is 0 Å². The third-order valence-electron chi connectivity index (χ3n) is 3.98. The predicted octanol–water partition coefficient (Wildman–Crippen LogP) is 0.352. The minimum Gasteiger partial charge on any atom is -0.355 e. The highest BCUT2D eigenvalue weighted by atomic mass is 32.2. The van der Waals surface area contributed by atoms with Crippen LogP contribution in [0.2, 0.25) is 0 Å². The summed E-state index contributed by atoms with van der Waals surface area (Å²) in [4.78, 5) is 6.72. The van der Waals surface area contributed by atoms with Crippen molar-refractivity contribution < 1.29 is 8.42 Å². The molecule has 0 aromatic rings. The second kappa shape index (κ2) is 8.30. The average Bonchev–Trinajstić information content (AvgIpc) is 2.41. The van der Waals surface area contributed by atoms with Gasteiger partial charge in [0.2, 0.25) is 10.0 Å². The van der Waals surface area contributed by atoms with Crippen LogP contribution in [0.3, 0.4) is 0 Å². The maximum absolute atomic E-state index is 11.4. The first-order valence-electron chi connectivity index (χ1n) is 8.22. The van der Waals surface area contributed by atoms with Gasteiger partial charge < -0.3 is 15.5 Å². The Labute approximate surface area is 141 Å². The maximum Gasteiger partial charge on any atom is 0.209 e. The van der Waals surface area contributed by atoms with Gasteiger partial charge in [0.15, 0.2) is 5.96 Å². The monoisotopic (exact) mass is 347 g/mol. The van der Waals surface area contributed by atoms with Gasteiger partial charge in [-0.05, 0) is 40.5 Å². The van der Waals surface area contributed by atoms with Crippen molar-refractivity contribution in [3.63, 3.8) is 0 Å². The molecule has 1 aliphatic rings. The van der Waals surface area contributed by atoms with Crippen molar-refractivity contribution in [2.24, 2.45) is 4.99 Å². The van der Waals surface area contributed by atoms with Crippen LogP contribution in [0.5, 0.6) is 0 Å². The van der Waals surface area contributed by atoms with Crippen molar-refractivity contribution >= 4 is 16.0 Å². The van der Waals surface area contributed by atoms with Gasteiger partial charge in [-0.15, -0.1) is 0 Å². The van der Waals surface area contributed by atoms with Crippen molar-refractivity contribution in [2.75, 3.05) is 32.9 Å². The normalized spacial score (nSPS) is 19.2. The Bertz CT molecular complexity index is 494. The largest absolute Gasteiger partial charge is 0.355 e. The quantitative estimate of drug-likeness (QED) is 0.477. The van der Waals surface area contributed by atoms with Crippen LogP contribution in [0.25, 0.3) is 0 Å². The first kappa shape index (κ1) is 20.2. The zero-order chi connectivity index (χ0) is 17.7. The van der Waals surface area contributed by atoms with Crippen LogP contribution in [-0.4, -0.2) is 69.8 Å². The Morgan fingerprint density at radius 3 is 2.30 bits per heavy atom. The van der Waals surface area contributed by atoms with E-state index in [2.05, 4.69) is 39.1 Å². The maximum atomic E-state index is 11.4. The summed E-state index contributed by atoms with van der Waals surface area (Å²) in [6.07, 6.45) is 3.35. The van der Waals surface area contributed by atoms with Crippen molar-refractivity contribution in [1.82, 2.24) is 20.3 Å². The highest BCUT2D eigenvalue weighted by Gasteiger charge is 2.24. The molecule has 0 radical (unpaired) electrons. The second-order valence-electron chi connectivity index (χ2n) is 7.23. The molecule has 0 amide bonds. The lowest BCUT2D eigenvalue weighted by molar-refractivity contribution is 0.167. The van der Waals surface area contributed by atoms with Crippen LogP contribution in [0.15, 0.2) is 4.99 Å². The van der Waals surface area contributed by atoms with E-state index in [0.29, 0.717) is 18.6 Å². The number of nitrogens with one attached hydrogen (secondary N) is 3. The molecule has 0 atom stereocenters. The number of nitrogens with zero attached hydrogens (tertiary/aromatic N) is 2. The van der Waals surface area contributed by atoms with E-state index < -0.39 is 15.6 Å². The summed E-state index contributed by atoms with van der Waals surface area (Å²) >= 11 is 0. The highest BCUT2D eigenvalue weighted by molar-refractivity contribution is 7.88. The molecule has 136 valence electrons. The first-order chi connectivity index (χ1) is 10.5. The van der Waals surface area contributed by atoms with Gasteiger partial charge in [0.25, 0.3) is 0 Å². The number of hydrogen-bond donors (Lipinski definition) is 3. The number of piperidine rings is 1. The fourth-order valence-electron chi connectivity index (χ4n) is 2.79. The third kappa shape index (κ3) is 7.99. The van der Waals surface area contributed by atoms with E-state index in [1.54, 1.807) is 7.05 Å². The molecule has 8 heteroatoms. The van der Waals surface area contributed by atoms with Crippen molar-refractivity contribution in [3.8, 4) is 0 Å². The molecule has 0 bridgehead atoms. The fraction of sp³-hybridized carbons (Fsp3) is 0.933.